The summed E-state index contributed by atoms with van der Waals surface area (Å²) < 4.78 is 12.3. The Balaban J connectivity index is 1.27. The van der Waals surface area contributed by atoms with Crippen molar-refractivity contribution in [1.82, 2.24) is 5.32 Å². The first-order chi connectivity index (χ1) is 20.7. The smallest absolute Gasteiger partial charge is 0.182 e. The number of alkyl halides is 1. The van der Waals surface area contributed by atoms with E-state index in [1.54, 1.807) is 0 Å². The molecule has 1 N–H and O–H groups in total. The summed E-state index contributed by atoms with van der Waals surface area (Å²) in [6.07, 6.45) is -0.413. The molecular formula is C35H21ClN4O2. The molecule has 200 valence electrons. The average molecular weight is 565 g/mol. The summed E-state index contributed by atoms with van der Waals surface area (Å²) in [6.45, 7) is 0. The predicted octanol–water partition coefficient (Wildman–Crippen LogP) is 8.67. The van der Waals surface area contributed by atoms with Gasteiger partial charge >= 0.3 is 0 Å². The van der Waals surface area contributed by atoms with Crippen molar-refractivity contribution >= 4 is 72.7 Å². The third kappa shape index (κ3) is 3.49. The number of benzene rings is 5. The second kappa shape index (κ2) is 8.90. The van der Waals surface area contributed by atoms with Gasteiger partial charge in [0.05, 0.1) is 5.56 Å². The van der Waals surface area contributed by atoms with Crippen LogP contribution in [0, 0.1) is 0 Å². The van der Waals surface area contributed by atoms with E-state index in [0.717, 1.165) is 55.0 Å². The molecule has 0 amide bonds. The quantitative estimate of drug-likeness (QED) is 0.172. The number of nitrogens with one attached hydrogen (secondary N) is 1. The Labute approximate surface area is 244 Å². The number of halogens is 1. The van der Waals surface area contributed by atoms with Crippen molar-refractivity contribution in [2.24, 2.45) is 15.0 Å². The largest absolute Gasteiger partial charge is 0.457 e. The normalized spacial score (nSPS) is 18.3. The monoisotopic (exact) mass is 564 g/mol. The van der Waals surface area contributed by atoms with Gasteiger partial charge in [0.15, 0.2) is 17.1 Å². The first-order valence-electron chi connectivity index (χ1n) is 13.8. The molecule has 7 aromatic rings. The fourth-order valence-corrected chi connectivity index (χ4v) is 6.34. The number of furan rings is 2. The van der Waals surface area contributed by atoms with Gasteiger partial charge in [-0.05, 0) is 40.6 Å². The van der Waals surface area contributed by atoms with Crippen molar-refractivity contribution in [1.29, 1.82) is 0 Å². The molecule has 0 saturated heterocycles. The zero-order valence-electron chi connectivity index (χ0n) is 22.1. The lowest BCUT2D eigenvalue weighted by Gasteiger charge is -2.24. The van der Waals surface area contributed by atoms with Crippen molar-refractivity contribution in [3.05, 3.63) is 132 Å². The number of hydrogen-bond acceptors (Lipinski definition) is 6. The van der Waals surface area contributed by atoms with Crippen LogP contribution in [0.25, 0.3) is 43.7 Å². The predicted molar refractivity (Wildman–Crippen MR) is 169 cm³/mol. The van der Waals surface area contributed by atoms with Gasteiger partial charge in [-0.2, -0.15) is 0 Å². The minimum absolute atomic E-state index is 0.413. The zero-order valence-corrected chi connectivity index (χ0v) is 22.8. The number of fused-ring (bicyclic) bond motifs is 7. The standard InChI is InChI=1S/C35H21ClN4O2/c36-32-31-29(23-11-4-6-14-26(23)42-31)30(37-32)35-39-33(21-17-16-19-8-1-2-9-20(19)18-21)38-34(40-35)24-12-7-15-27-28(24)22-10-3-5-13-25(22)41-27/h1-18,32-33H,(H,38,39,40). The van der Waals surface area contributed by atoms with Crippen molar-refractivity contribution < 1.29 is 8.83 Å². The molecule has 0 bridgehead atoms. The maximum Gasteiger partial charge on any atom is 0.182 e. The summed E-state index contributed by atoms with van der Waals surface area (Å²) >= 11 is 6.72. The van der Waals surface area contributed by atoms with Crippen molar-refractivity contribution in [3.8, 4) is 0 Å². The van der Waals surface area contributed by atoms with Crippen LogP contribution in [0.2, 0.25) is 0 Å². The van der Waals surface area contributed by atoms with Gasteiger partial charge in [-0.1, -0.05) is 96.5 Å². The Kier molecular flexibility index (Phi) is 4.98. The van der Waals surface area contributed by atoms with E-state index in [2.05, 4.69) is 47.8 Å². The minimum Gasteiger partial charge on any atom is -0.457 e. The Morgan fingerprint density at radius 3 is 2.29 bits per heavy atom. The second-order valence-corrected chi connectivity index (χ2v) is 10.9. The molecule has 2 atom stereocenters. The van der Waals surface area contributed by atoms with E-state index < -0.39 is 11.7 Å². The summed E-state index contributed by atoms with van der Waals surface area (Å²) in [4.78, 5) is 15.0. The number of rotatable bonds is 3. The summed E-state index contributed by atoms with van der Waals surface area (Å²) in [6, 6.07) is 36.7. The summed E-state index contributed by atoms with van der Waals surface area (Å²) in [7, 11) is 0. The lowest BCUT2D eigenvalue weighted by Crippen LogP contribution is -2.35. The van der Waals surface area contributed by atoms with Crippen LogP contribution < -0.4 is 5.32 Å². The molecule has 7 heteroatoms. The molecule has 6 nitrogen and oxygen atoms in total. The van der Waals surface area contributed by atoms with Crippen molar-refractivity contribution in [2.45, 2.75) is 11.7 Å². The SMILES string of the molecule is ClC1N=C(C2=NC(c3ccc4ccccc4c3)NC(c3cccc4oc5ccccc5c34)=N2)c2c1oc1ccccc21. The molecule has 0 fully saturated rings. The molecule has 9 rings (SSSR count). The maximum absolute atomic E-state index is 6.72. The molecule has 2 aliphatic heterocycles. The highest BCUT2D eigenvalue weighted by Crippen LogP contribution is 2.41. The van der Waals surface area contributed by atoms with E-state index in [9.17, 15) is 0 Å². The van der Waals surface area contributed by atoms with Crippen LogP contribution in [0.15, 0.2) is 133 Å². The van der Waals surface area contributed by atoms with Gasteiger partial charge in [-0.3, -0.25) is 4.99 Å². The first-order valence-corrected chi connectivity index (χ1v) is 14.2. The van der Waals surface area contributed by atoms with Crippen LogP contribution >= 0.6 is 11.6 Å². The minimum atomic E-state index is -0.654. The number of para-hydroxylation sites is 2. The third-order valence-electron chi connectivity index (χ3n) is 8.02. The molecule has 2 aliphatic rings. The van der Waals surface area contributed by atoms with Crippen LogP contribution in [-0.4, -0.2) is 17.4 Å². The maximum atomic E-state index is 6.72. The van der Waals surface area contributed by atoms with E-state index in [1.165, 1.54) is 5.39 Å². The number of amidine groups is 2. The third-order valence-corrected chi connectivity index (χ3v) is 8.32. The highest BCUT2D eigenvalue weighted by Gasteiger charge is 2.35. The van der Waals surface area contributed by atoms with E-state index in [-0.39, 0.29) is 0 Å². The fourth-order valence-electron chi connectivity index (χ4n) is 6.09. The highest BCUT2D eigenvalue weighted by atomic mass is 35.5. The van der Waals surface area contributed by atoms with Crippen LogP contribution in [0.3, 0.4) is 0 Å². The van der Waals surface area contributed by atoms with E-state index in [0.29, 0.717) is 23.1 Å². The second-order valence-electron chi connectivity index (χ2n) is 10.5. The summed E-state index contributed by atoms with van der Waals surface area (Å²) in [5.74, 6) is 1.81. The van der Waals surface area contributed by atoms with Crippen LogP contribution in [0.4, 0.5) is 0 Å². The van der Waals surface area contributed by atoms with Gasteiger partial charge in [0, 0.05) is 21.7 Å². The highest BCUT2D eigenvalue weighted by molar-refractivity contribution is 6.53. The number of hydrogen-bond donors (Lipinski definition) is 1. The first kappa shape index (κ1) is 23.5. The molecule has 42 heavy (non-hydrogen) atoms. The van der Waals surface area contributed by atoms with E-state index in [4.69, 9.17) is 35.4 Å². The van der Waals surface area contributed by atoms with Crippen molar-refractivity contribution in [2.75, 3.05) is 0 Å². The van der Waals surface area contributed by atoms with Crippen LogP contribution in [-0.2, 0) is 0 Å². The number of aliphatic imine (C=N–C) groups is 3. The molecule has 0 radical (unpaired) electrons. The molecule has 2 aromatic heterocycles. The Hall–Kier alpha value is -5.20. The van der Waals surface area contributed by atoms with Gasteiger partial charge in [0.2, 0.25) is 0 Å². The molecule has 0 spiro atoms. The molecule has 0 saturated carbocycles. The van der Waals surface area contributed by atoms with Gasteiger partial charge in [0.1, 0.15) is 34.5 Å². The average Bonchev–Trinajstić information content (AvgIpc) is 3.71. The lowest BCUT2D eigenvalue weighted by atomic mass is 10.0. The van der Waals surface area contributed by atoms with Gasteiger partial charge in [-0.25, -0.2) is 9.98 Å². The van der Waals surface area contributed by atoms with Crippen molar-refractivity contribution in [3.63, 3.8) is 0 Å². The Morgan fingerprint density at radius 1 is 0.667 bits per heavy atom. The van der Waals surface area contributed by atoms with Gasteiger partial charge in [-0.15, -0.1) is 0 Å². The fraction of sp³-hybridized carbons (Fsp3) is 0.0571. The van der Waals surface area contributed by atoms with Crippen LogP contribution in [0.5, 0.6) is 0 Å². The zero-order chi connectivity index (χ0) is 27.8. The lowest BCUT2D eigenvalue weighted by molar-refractivity contribution is 0.551. The Morgan fingerprint density at radius 2 is 1.40 bits per heavy atom. The number of nitrogens with zero attached hydrogens (tertiary/aromatic N) is 3. The summed E-state index contributed by atoms with van der Waals surface area (Å²) in [5.41, 5.74) is 5.15. The summed E-state index contributed by atoms with van der Waals surface area (Å²) in [5, 5.41) is 8.91. The molecular weight excluding hydrogens is 544 g/mol. The topological polar surface area (TPSA) is 75.4 Å². The van der Waals surface area contributed by atoms with Gasteiger partial charge in [0.25, 0.3) is 0 Å². The van der Waals surface area contributed by atoms with E-state index in [1.807, 2.05) is 66.7 Å². The molecule has 2 unspecified atom stereocenters. The van der Waals surface area contributed by atoms with Gasteiger partial charge < -0.3 is 14.2 Å². The molecule has 5 aromatic carbocycles. The Bertz CT molecular complexity index is 2330. The van der Waals surface area contributed by atoms with Crippen LogP contribution in [0.1, 0.15) is 34.1 Å². The van der Waals surface area contributed by atoms with E-state index >= 15 is 0 Å². The molecule has 4 heterocycles. The molecule has 0 aliphatic carbocycles.